The van der Waals surface area contributed by atoms with E-state index in [1.807, 2.05) is 0 Å². The summed E-state index contributed by atoms with van der Waals surface area (Å²) in [5, 5.41) is 9.23. The Bertz CT molecular complexity index is 577. The minimum Gasteiger partial charge on any atom is -0.478 e. The van der Waals surface area contributed by atoms with E-state index < -0.39 is 11.8 Å². The molecular formula is C11H7ClFNO2S. The number of benzene rings is 1. The van der Waals surface area contributed by atoms with Crippen LogP contribution in [0, 0.1) is 12.7 Å². The van der Waals surface area contributed by atoms with Gasteiger partial charge in [0.15, 0.2) is 0 Å². The van der Waals surface area contributed by atoms with Gasteiger partial charge < -0.3 is 5.11 Å². The average Bonchev–Trinajstić information content (AvgIpc) is 2.60. The molecule has 0 aliphatic carbocycles. The van der Waals surface area contributed by atoms with E-state index in [0.717, 1.165) is 11.5 Å². The molecule has 2 rings (SSSR count). The number of aryl methyl sites for hydroxylation is 1. The first-order chi connectivity index (χ1) is 8.02. The molecule has 0 aliphatic rings. The zero-order chi connectivity index (χ0) is 12.6. The SMILES string of the molecule is Cc1snc(-c2c(F)cccc2Cl)c1C(=O)O. The van der Waals surface area contributed by atoms with Crippen LogP contribution in [0.2, 0.25) is 5.02 Å². The Balaban J connectivity index is 2.73. The van der Waals surface area contributed by atoms with Crippen LogP contribution in [-0.4, -0.2) is 15.4 Å². The monoisotopic (exact) mass is 271 g/mol. The van der Waals surface area contributed by atoms with Crippen LogP contribution in [-0.2, 0) is 0 Å². The van der Waals surface area contributed by atoms with Crippen LogP contribution in [0.5, 0.6) is 0 Å². The molecule has 0 fully saturated rings. The van der Waals surface area contributed by atoms with E-state index in [-0.39, 0.29) is 21.8 Å². The van der Waals surface area contributed by atoms with Gasteiger partial charge in [-0.15, -0.1) is 0 Å². The molecule has 6 heteroatoms. The van der Waals surface area contributed by atoms with Crippen molar-refractivity contribution >= 4 is 29.1 Å². The molecular weight excluding hydrogens is 265 g/mol. The molecule has 2 aromatic rings. The highest BCUT2D eigenvalue weighted by Gasteiger charge is 2.22. The number of carboxylic acids is 1. The van der Waals surface area contributed by atoms with Crippen molar-refractivity contribution in [2.75, 3.05) is 0 Å². The predicted octanol–water partition coefficient (Wildman–Crippen LogP) is 3.61. The topological polar surface area (TPSA) is 50.2 Å². The summed E-state index contributed by atoms with van der Waals surface area (Å²) in [6.45, 7) is 1.62. The summed E-state index contributed by atoms with van der Waals surface area (Å²) < 4.78 is 17.6. The standard InChI is InChI=1S/C11H7ClFNO2S/c1-5-8(11(15)16)10(14-17-5)9-6(12)3-2-4-7(9)13/h2-4H,1H3,(H,15,16). The Morgan fingerprint density at radius 1 is 1.53 bits per heavy atom. The number of halogens is 2. The number of hydrogen-bond donors (Lipinski definition) is 1. The minimum absolute atomic E-state index is 0.00185. The number of hydrogen-bond acceptors (Lipinski definition) is 3. The summed E-state index contributed by atoms with van der Waals surface area (Å²) in [5.74, 6) is -1.71. The first kappa shape index (κ1) is 12.0. The number of rotatable bonds is 2. The molecule has 0 spiro atoms. The fraction of sp³-hybridized carbons (Fsp3) is 0.0909. The van der Waals surface area contributed by atoms with Crippen molar-refractivity contribution in [1.82, 2.24) is 4.37 Å². The second kappa shape index (κ2) is 4.43. The van der Waals surface area contributed by atoms with Gasteiger partial charge in [0.25, 0.3) is 0 Å². The summed E-state index contributed by atoms with van der Waals surface area (Å²) in [5.41, 5.74) is 0.126. The quantitative estimate of drug-likeness (QED) is 0.908. The van der Waals surface area contributed by atoms with Gasteiger partial charge >= 0.3 is 5.97 Å². The molecule has 1 heterocycles. The maximum atomic E-state index is 13.7. The largest absolute Gasteiger partial charge is 0.478 e. The highest BCUT2D eigenvalue weighted by atomic mass is 35.5. The Kier molecular flexibility index (Phi) is 3.13. The summed E-state index contributed by atoms with van der Waals surface area (Å²) in [6, 6.07) is 4.18. The summed E-state index contributed by atoms with van der Waals surface area (Å²) in [7, 11) is 0. The molecule has 88 valence electrons. The van der Waals surface area contributed by atoms with Crippen molar-refractivity contribution < 1.29 is 14.3 Å². The van der Waals surface area contributed by atoms with Gasteiger partial charge in [0.1, 0.15) is 17.1 Å². The Labute approximate surface area is 106 Å². The number of nitrogens with zero attached hydrogens (tertiary/aromatic N) is 1. The highest BCUT2D eigenvalue weighted by molar-refractivity contribution is 7.06. The lowest BCUT2D eigenvalue weighted by molar-refractivity contribution is 0.0697. The van der Waals surface area contributed by atoms with E-state index in [2.05, 4.69) is 4.37 Å². The van der Waals surface area contributed by atoms with Crippen molar-refractivity contribution in [3.63, 3.8) is 0 Å². The number of aromatic carboxylic acids is 1. The molecule has 3 nitrogen and oxygen atoms in total. The maximum Gasteiger partial charge on any atom is 0.339 e. The van der Waals surface area contributed by atoms with Gasteiger partial charge in [-0.1, -0.05) is 17.7 Å². The third-order valence-electron chi connectivity index (χ3n) is 2.28. The Hall–Kier alpha value is -1.46. The Morgan fingerprint density at radius 2 is 2.24 bits per heavy atom. The van der Waals surface area contributed by atoms with Crippen molar-refractivity contribution in [3.05, 3.63) is 39.5 Å². The molecule has 0 atom stereocenters. The number of aromatic nitrogens is 1. The molecule has 0 aliphatic heterocycles. The van der Waals surface area contributed by atoms with E-state index in [4.69, 9.17) is 16.7 Å². The number of carboxylic acid groups (broad SMARTS) is 1. The highest BCUT2D eigenvalue weighted by Crippen LogP contribution is 2.34. The zero-order valence-corrected chi connectivity index (χ0v) is 10.3. The van der Waals surface area contributed by atoms with Crippen LogP contribution in [0.15, 0.2) is 18.2 Å². The van der Waals surface area contributed by atoms with E-state index in [9.17, 15) is 9.18 Å². The van der Waals surface area contributed by atoms with Crippen molar-refractivity contribution in [2.45, 2.75) is 6.92 Å². The van der Waals surface area contributed by atoms with Crippen molar-refractivity contribution in [1.29, 1.82) is 0 Å². The lowest BCUT2D eigenvalue weighted by Gasteiger charge is -2.04. The second-order valence-corrected chi connectivity index (χ2v) is 4.75. The van der Waals surface area contributed by atoms with Crippen LogP contribution < -0.4 is 0 Å². The molecule has 17 heavy (non-hydrogen) atoms. The average molecular weight is 272 g/mol. The molecule has 0 radical (unpaired) electrons. The molecule has 0 saturated carbocycles. The van der Waals surface area contributed by atoms with Gasteiger partial charge in [-0.25, -0.2) is 9.18 Å². The van der Waals surface area contributed by atoms with Crippen molar-refractivity contribution in [2.24, 2.45) is 0 Å². The summed E-state index contributed by atoms with van der Waals surface area (Å²) in [6.07, 6.45) is 0. The second-order valence-electron chi connectivity index (χ2n) is 3.36. The number of carbonyl (C=O) groups is 1. The van der Waals surface area contributed by atoms with E-state index >= 15 is 0 Å². The zero-order valence-electron chi connectivity index (χ0n) is 8.70. The molecule has 1 aromatic heterocycles. The van der Waals surface area contributed by atoms with Gasteiger partial charge in [-0.2, -0.15) is 4.37 Å². The fourth-order valence-electron chi connectivity index (χ4n) is 1.52. The third-order valence-corrected chi connectivity index (χ3v) is 3.34. The van der Waals surface area contributed by atoms with Crippen LogP contribution in [0.4, 0.5) is 4.39 Å². The molecule has 1 N–H and O–H groups in total. The molecule has 1 aromatic carbocycles. The van der Waals surface area contributed by atoms with Gasteiger partial charge in [-0.3, -0.25) is 0 Å². The van der Waals surface area contributed by atoms with E-state index in [1.54, 1.807) is 6.92 Å². The fourth-order valence-corrected chi connectivity index (χ4v) is 2.46. The van der Waals surface area contributed by atoms with Gasteiger partial charge in [0.05, 0.1) is 10.6 Å². The van der Waals surface area contributed by atoms with Gasteiger partial charge in [-0.05, 0) is 30.6 Å². The molecule has 0 unspecified atom stereocenters. The first-order valence-corrected chi connectivity index (χ1v) is 5.81. The predicted molar refractivity (Wildman–Crippen MR) is 64.2 cm³/mol. The lowest BCUT2D eigenvalue weighted by Crippen LogP contribution is -2.00. The summed E-state index contributed by atoms with van der Waals surface area (Å²) >= 11 is 6.90. The lowest BCUT2D eigenvalue weighted by atomic mass is 10.1. The van der Waals surface area contributed by atoms with Crippen LogP contribution in [0.3, 0.4) is 0 Å². The van der Waals surface area contributed by atoms with Crippen LogP contribution >= 0.6 is 23.1 Å². The van der Waals surface area contributed by atoms with Crippen LogP contribution in [0.25, 0.3) is 11.3 Å². The first-order valence-electron chi connectivity index (χ1n) is 4.66. The van der Waals surface area contributed by atoms with Gasteiger partial charge in [0, 0.05) is 4.88 Å². The summed E-state index contributed by atoms with van der Waals surface area (Å²) in [4.78, 5) is 11.6. The van der Waals surface area contributed by atoms with E-state index in [1.165, 1.54) is 18.2 Å². The van der Waals surface area contributed by atoms with E-state index in [0.29, 0.717) is 4.88 Å². The van der Waals surface area contributed by atoms with Gasteiger partial charge in [0.2, 0.25) is 0 Å². The maximum absolute atomic E-state index is 13.7. The van der Waals surface area contributed by atoms with Crippen LogP contribution in [0.1, 0.15) is 15.2 Å². The Morgan fingerprint density at radius 3 is 2.82 bits per heavy atom. The molecule has 0 saturated heterocycles. The molecule has 0 amide bonds. The minimum atomic E-state index is -1.13. The van der Waals surface area contributed by atoms with Crippen molar-refractivity contribution in [3.8, 4) is 11.3 Å². The molecule has 0 bridgehead atoms. The third kappa shape index (κ3) is 2.03. The normalized spacial score (nSPS) is 10.5. The smallest absolute Gasteiger partial charge is 0.339 e.